The summed E-state index contributed by atoms with van der Waals surface area (Å²) in [6, 6.07) is 14.3. The molecule has 3 aromatic rings. The van der Waals surface area contributed by atoms with Crippen LogP contribution in [0.5, 0.6) is 11.5 Å². The molecule has 0 bridgehead atoms. The highest BCUT2D eigenvalue weighted by molar-refractivity contribution is 7.13. The van der Waals surface area contributed by atoms with E-state index in [2.05, 4.69) is 10.3 Å². The lowest BCUT2D eigenvalue weighted by molar-refractivity contribution is -0.127. The van der Waals surface area contributed by atoms with E-state index in [0.717, 1.165) is 16.1 Å². The molecule has 1 aliphatic heterocycles. The Morgan fingerprint density at radius 2 is 1.94 bits per heavy atom. The zero-order valence-corrected chi connectivity index (χ0v) is 18.1. The van der Waals surface area contributed by atoms with E-state index < -0.39 is 6.04 Å². The number of methoxy groups -OCH3 is 1. The number of rotatable bonds is 8. The maximum Gasteiger partial charge on any atom is 0.325 e. The van der Waals surface area contributed by atoms with Crippen LogP contribution in [0.15, 0.2) is 53.9 Å². The van der Waals surface area contributed by atoms with Gasteiger partial charge in [0.1, 0.15) is 11.0 Å². The number of imide groups is 1. The molecule has 2 heterocycles. The minimum atomic E-state index is -0.552. The summed E-state index contributed by atoms with van der Waals surface area (Å²) in [5.74, 6) is 1.08. The van der Waals surface area contributed by atoms with E-state index in [1.54, 1.807) is 7.11 Å². The number of nitrogens with one attached hydrogen (secondary N) is 1. The average molecular weight is 438 g/mol. The number of ether oxygens (including phenoxy) is 2. The third-order valence-electron chi connectivity index (χ3n) is 4.97. The molecule has 8 heteroatoms. The molecule has 1 fully saturated rings. The minimum absolute atomic E-state index is 0.140. The number of hydrogen-bond acceptors (Lipinski definition) is 6. The smallest absolute Gasteiger partial charge is 0.325 e. The summed E-state index contributed by atoms with van der Waals surface area (Å²) in [5.41, 5.74) is 2.55. The van der Waals surface area contributed by atoms with Crippen molar-refractivity contribution in [1.82, 2.24) is 15.2 Å². The first-order chi connectivity index (χ1) is 15.1. The van der Waals surface area contributed by atoms with Crippen molar-refractivity contribution >= 4 is 23.3 Å². The Bertz CT molecular complexity index is 1080. The van der Waals surface area contributed by atoms with E-state index in [1.165, 1.54) is 16.2 Å². The van der Waals surface area contributed by atoms with Gasteiger partial charge in [0.25, 0.3) is 5.91 Å². The maximum atomic E-state index is 12.8. The Morgan fingerprint density at radius 1 is 1.13 bits per heavy atom. The topological polar surface area (TPSA) is 80.8 Å². The number of benzene rings is 2. The number of aromatic nitrogens is 1. The fourth-order valence-electron chi connectivity index (χ4n) is 3.46. The summed E-state index contributed by atoms with van der Waals surface area (Å²) >= 11 is 1.45. The van der Waals surface area contributed by atoms with Crippen molar-refractivity contribution in [3.05, 3.63) is 65.2 Å². The van der Waals surface area contributed by atoms with E-state index in [0.29, 0.717) is 30.2 Å². The molecule has 1 atom stereocenters. The maximum absolute atomic E-state index is 12.8. The molecular formula is C23H23N3O4S. The van der Waals surface area contributed by atoms with Crippen LogP contribution in [0.2, 0.25) is 0 Å². The number of amides is 3. The van der Waals surface area contributed by atoms with E-state index in [9.17, 15) is 9.59 Å². The number of thiazole rings is 1. The van der Waals surface area contributed by atoms with Crippen LogP contribution < -0.4 is 14.8 Å². The molecule has 0 aliphatic carbocycles. The van der Waals surface area contributed by atoms with Crippen molar-refractivity contribution in [1.29, 1.82) is 0 Å². The lowest BCUT2D eigenvalue weighted by Crippen LogP contribution is -2.32. The predicted octanol–water partition coefficient (Wildman–Crippen LogP) is 3.88. The number of urea groups is 1. The molecule has 31 heavy (non-hydrogen) atoms. The normalized spacial score (nSPS) is 15.8. The molecule has 0 radical (unpaired) electrons. The first kappa shape index (κ1) is 20.9. The van der Waals surface area contributed by atoms with Crippen LogP contribution in [-0.2, 0) is 17.8 Å². The third kappa shape index (κ3) is 4.54. The van der Waals surface area contributed by atoms with Gasteiger partial charge in [0.05, 0.1) is 26.0 Å². The van der Waals surface area contributed by atoms with Crippen LogP contribution in [0.25, 0.3) is 10.6 Å². The molecule has 2 aromatic carbocycles. The first-order valence-electron chi connectivity index (χ1n) is 10.0. The molecule has 1 aromatic heterocycles. The first-order valence-corrected chi connectivity index (χ1v) is 10.9. The van der Waals surface area contributed by atoms with Gasteiger partial charge in [-0.1, -0.05) is 30.3 Å². The summed E-state index contributed by atoms with van der Waals surface area (Å²) in [6.07, 6.45) is 0.468. The lowest BCUT2D eigenvalue weighted by Gasteiger charge is -2.11. The van der Waals surface area contributed by atoms with Crippen LogP contribution in [0.4, 0.5) is 4.79 Å². The molecule has 4 rings (SSSR count). The van der Waals surface area contributed by atoms with Crippen molar-refractivity contribution < 1.29 is 19.1 Å². The minimum Gasteiger partial charge on any atom is -0.493 e. The summed E-state index contributed by atoms with van der Waals surface area (Å²) in [6.45, 7) is 2.61. The molecule has 1 saturated heterocycles. The fraction of sp³-hybridized carbons (Fsp3) is 0.261. The Hall–Kier alpha value is -3.39. The highest BCUT2D eigenvalue weighted by Gasteiger charge is 2.38. The van der Waals surface area contributed by atoms with Gasteiger partial charge in [-0.3, -0.25) is 9.69 Å². The average Bonchev–Trinajstić information content (AvgIpc) is 3.35. The van der Waals surface area contributed by atoms with Gasteiger partial charge in [-0.05, 0) is 30.7 Å². The van der Waals surface area contributed by atoms with Crippen LogP contribution >= 0.6 is 11.3 Å². The van der Waals surface area contributed by atoms with Crippen molar-refractivity contribution in [2.24, 2.45) is 0 Å². The second-order valence-electron chi connectivity index (χ2n) is 7.06. The standard InChI is InChI=1S/C23H23N3O4S/c1-3-30-19-10-9-16(12-20(19)29-2)21-24-17(14-31-21)13-26-22(27)18(25-23(26)28)11-15-7-5-4-6-8-15/h4-10,12,14,18H,3,11,13H2,1-2H3,(H,25,28). The van der Waals surface area contributed by atoms with Gasteiger partial charge in [0.15, 0.2) is 11.5 Å². The van der Waals surface area contributed by atoms with Gasteiger partial charge in [-0.25, -0.2) is 9.78 Å². The molecule has 0 spiro atoms. The quantitative estimate of drug-likeness (QED) is 0.541. The summed E-state index contributed by atoms with van der Waals surface area (Å²) in [4.78, 5) is 31.0. The molecule has 1 unspecified atom stereocenters. The zero-order chi connectivity index (χ0) is 21.8. The molecule has 3 amide bonds. The van der Waals surface area contributed by atoms with Gasteiger partial charge in [0.2, 0.25) is 0 Å². The molecular weight excluding hydrogens is 414 g/mol. The monoisotopic (exact) mass is 437 g/mol. The van der Waals surface area contributed by atoms with E-state index in [1.807, 2.05) is 60.8 Å². The van der Waals surface area contributed by atoms with Crippen LogP contribution in [0.1, 0.15) is 18.2 Å². The van der Waals surface area contributed by atoms with E-state index in [4.69, 9.17) is 9.47 Å². The van der Waals surface area contributed by atoms with Gasteiger partial charge < -0.3 is 14.8 Å². The van der Waals surface area contributed by atoms with Crippen molar-refractivity contribution in [2.75, 3.05) is 13.7 Å². The summed E-state index contributed by atoms with van der Waals surface area (Å²) in [7, 11) is 1.60. The molecule has 1 N–H and O–H groups in total. The molecule has 1 aliphatic rings. The second kappa shape index (κ2) is 9.18. The van der Waals surface area contributed by atoms with E-state index in [-0.39, 0.29) is 18.5 Å². The van der Waals surface area contributed by atoms with Gasteiger partial charge >= 0.3 is 6.03 Å². The van der Waals surface area contributed by atoms with Gasteiger partial charge in [-0.2, -0.15) is 0 Å². The Labute approximate surface area is 184 Å². The van der Waals surface area contributed by atoms with Crippen LogP contribution in [0, 0.1) is 0 Å². The highest BCUT2D eigenvalue weighted by atomic mass is 32.1. The van der Waals surface area contributed by atoms with Crippen molar-refractivity contribution in [3.63, 3.8) is 0 Å². The molecule has 160 valence electrons. The summed E-state index contributed by atoms with van der Waals surface area (Å²) in [5, 5.41) is 5.42. The second-order valence-corrected chi connectivity index (χ2v) is 7.92. The number of carbonyl (C=O) groups excluding carboxylic acids is 2. The Kier molecular flexibility index (Phi) is 6.18. The van der Waals surface area contributed by atoms with E-state index >= 15 is 0 Å². The largest absolute Gasteiger partial charge is 0.493 e. The predicted molar refractivity (Wildman–Crippen MR) is 118 cm³/mol. The van der Waals surface area contributed by atoms with Crippen molar-refractivity contribution in [2.45, 2.75) is 25.9 Å². The fourth-order valence-corrected chi connectivity index (χ4v) is 4.27. The SMILES string of the molecule is CCOc1ccc(-c2nc(CN3C(=O)NC(Cc4ccccc4)C3=O)cs2)cc1OC. The lowest BCUT2D eigenvalue weighted by atomic mass is 10.1. The van der Waals surface area contributed by atoms with Crippen LogP contribution in [0.3, 0.4) is 0 Å². The van der Waals surface area contributed by atoms with Gasteiger partial charge in [0, 0.05) is 17.4 Å². The Morgan fingerprint density at radius 3 is 2.68 bits per heavy atom. The number of nitrogens with zero attached hydrogens (tertiary/aromatic N) is 2. The van der Waals surface area contributed by atoms with Crippen molar-refractivity contribution in [3.8, 4) is 22.1 Å². The number of carbonyl (C=O) groups is 2. The molecule has 7 nitrogen and oxygen atoms in total. The van der Waals surface area contributed by atoms with Crippen LogP contribution in [-0.4, -0.2) is 41.6 Å². The zero-order valence-electron chi connectivity index (χ0n) is 17.3. The van der Waals surface area contributed by atoms with Gasteiger partial charge in [-0.15, -0.1) is 11.3 Å². The summed E-state index contributed by atoms with van der Waals surface area (Å²) < 4.78 is 11.0. The Balaban J connectivity index is 1.46. The molecule has 0 saturated carbocycles. The highest BCUT2D eigenvalue weighted by Crippen LogP contribution is 2.34. The number of hydrogen-bond donors (Lipinski definition) is 1. The third-order valence-corrected chi connectivity index (χ3v) is 5.91.